The highest BCUT2D eigenvalue weighted by atomic mass is 32.1. The molecule has 0 spiro atoms. The Balaban J connectivity index is 2.93. The van der Waals surface area contributed by atoms with Crippen LogP contribution in [0.3, 0.4) is 0 Å². The number of carbonyl (C=O) groups is 2. The van der Waals surface area contributed by atoms with E-state index in [0.29, 0.717) is 11.3 Å². The number of carboxylic acid groups (broad SMARTS) is 1. The van der Waals surface area contributed by atoms with Crippen molar-refractivity contribution in [1.29, 1.82) is 0 Å². The van der Waals surface area contributed by atoms with Gasteiger partial charge in [0.1, 0.15) is 6.04 Å². The lowest BCUT2D eigenvalue weighted by atomic mass is 10.2. The molecule has 0 aliphatic heterocycles. The van der Waals surface area contributed by atoms with E-state index in [9.17, 15) is 9.59 Å². The molecule has 0 heterocycles. The number of esters is 1. The Kier molecular flexibility index (Phi) is 6.08. The van der Waals surface area contributed by atoms with Crippen molar-refractivity contribution in [2.45, 2.75) is 6.04 Å². The highest BCUT2D eigenvalue weighted by Crippen LogP contribution is 2.28. The molecule has 0 aliphatic carbocycles. The quantitative estimate of drug-likeness (QED) is 0.313. The number of thiol groups is 1. The molecule has 1 aromatic rings. The maximum absolute atomic E-state index is 11.6. The van der Waals surface area contributed by atoms with E-state index < -0.39 is 18.0 Å². The van der Waals surface area contributed by atoms with Crippen molar-refractivity contribution in [1.82, 2.24) is 0 Å². The van der Waals surface area contributed by atoms with Crippen LogP contribution >= 0.6 is 12.6 Å². The number of hydrogen-bond donors (Lipinski definition) is 3. The van der Waals surface area contributed by atoms with Gasteiger partial charge in [0.2, 0.25) is 0 Å². The van der Waals surface area contributed by atoms with E-state index in [4.69, 9.17) is 20.3 Å². The zero-order valence-corrected chi connectivity index (χ0v) is 11.7. The topological polar surface area (TPSA) is 98.9 Å². The Morgan fingerprint density at radius 3 is 2.70 bits per heavy atom. The summed E-state index contributed by atoms with van der Waals surface area (Å²) in [6.45, 7) is 0. The second kappa shape index (κ2) is 7.56. The van der Waals surface area contributed by atoms with Gasteiger partial charge in [-0.25, -0.2) is 9.59 Å². The van der Waals surface area contributed by atoms with Crippen molar-refractivity contribution in [2.75, 3.05) is 12.9 Å². The maximum atomic E-state index is 11.6. The lowest BCUT2D eigenvalue weighted by molar-refractivity contribution is -0.135. The molecule has 0 radical (unpaired) electrons. The molecule has 108 valence electrons. The third kappa shape index (κ3) is 4.60. The second-order valence-electron chi connectivity index (χ2n) is 3.79. The van der Waals surface area contributed by atoms with Crippen molar-refractivity contribution in [2.24, 2.45) is 5.73 Å². The predicted octanol–water partition coefficient (Wildman–Crippen LogP) is 0.955. The van der Waals surface area contributed by atoms with Crippen LogP contribution in [0, 0.1) is 0 Å². The van der Waals surface area contributed by atoms with Crippen molar-refractivity contribution in [3.63, 3.8) is 0 Å². The van der Waals surface area contributed by atoms with Gasteiger partial charge in [-0.2, -0.15) is 12.6 Å². The van der Waals surface area contributed by atoms with Gasteiger partial charge < -0.3 is 20.3 Å². The first-order valence-electron chi connectivity index (χ1n) is 5.65. The number of carbonyl (C=O) groups excluding carboxylic acids is 1. The van der Waals surface area contributed by atoms with Gasteiger partial charge in [-0.3, -0.25) is 0 Å². The van der Waals surface area contributed by atoms with Crippen molar-refractivity contribution in [3.8, 4) is 11.5 Å². The molecule has 1 aromatic carbocycles. The molecule has 0 saturated heterocycles. The molecule has 0 fully saturated rings. The summed E-state index contributed by atoms with van der Waals surface area (Å²) in [6.07, 6.45) is 2.40. The van der Waals surface area contributed by atoms with Crippen molar-refractivity contribution >= 4 is 30.6 Å². The molecule has 20 heavy (non-hydrogen) atoms. The van der Waals surface area contributed by atoms with Gasteiger partial charge in [0.25, 0.3) is 0 Å². The molecule has 7 heteroatoms. The maximum Gasteiger partial charge on any atom is 0.329 e. The fraction of sp³-hybridized carbons (Fsp3) is 0.231. The summed E-state index contributed by atoms with van der Waals surface area (Å²) >= 11 is 3.91. The number of carboxylic acids is 1. The highest BCUT2D eigenvalue weighted by molar-refractivity contribution is 7.80. The van der Waals surface area contributed by atoms with Gasteiger partial charge >= 0.3 is 11.9 Å². The minimum atomic E-state index is -1.06. The van der Waals surface area contributed by atoms with Crippen LogP contribution in [0.1, 0.15) is 5.56 Å². The molecule has 0 saturated carbocycles. The average Bonchev–Trinajstić information content (AvgIpc) is 2.44. The minimum Gasteiger partial charge on any atom is -0.493 e. The van der Waals surface area contributed by atoms with Crippen LogP contribution in [-0.2, 0) is 9.59 Å². The zero-order chi connectivity index (χ0) is 15.1. The van der Waals surface area contributed by atoms with Gasteiger partial charge in [0, 0.05) is 11.8 Å². The molecular weight excluding hydrogens is 282 g/mol. The summed E-state index contributed by atoms with van der Waals surface area (Å²) in [6, 6.07) is 3.82. The van der Waals surface area contributed by atoms with Crippen molar-refractivity contribution in [3.05, 3.63) is 29.8 Å². The molecule has 3 N–H and O–H groups in total. The van der Waals surface area contributed by atoms with Gasteiger partial charge in [-0.15, -0.1) is 0 Å². The highest BCUT2D eigenvalue weighted by Gasteiger charge is 2.16. The molecule has 1 rings (SSSR count). The largest absolute Gasteiger partial charge is 0.493 e. The molecule has 0 amide bonds. The van der Waals surface area contributed by atoms with Crippen LogP contribution < -0.4 is 15.2 Å². The van der Waals surface area contributed by atoms with Gasteiger partial charge in [-0.05, 0) is 23.8 Å². The smallest absolute Gasteiger partial charge is 0.329 e. The summed E-state index contributed by atoms with van der Waals surface area (Å²) in [5.74, 6) is -0.994. The van der Waals surface area contributed by atoms with Crippen LogP contribution in [0.5, 0.6) is 11.5 Å². The fourth-order valence-electron chi connectivity index (χ4n) is 1.30. The van der Waals surface area contributed by atoms with Crippen LogP contribution in [0.2, 0.25) is 0 Å². The van der Waals surface area contributed by atoms with E-state index in [1.54, 1.807) is 12.1 Å². The minimum absolute atomic E-state index is 0.167. The zero-order valence-electron chi connectivity index (χ0n) is 10.8. The Labute approximate surface area is 121 Å². The molecular formula is C13H15NO5S. The number of hydrogen-bond acceptors (Lipinski definition) is 6. The summed E-state index contributed by atoms with van der Waals surface area (Å²) in [5, 5.41) is 8.55. The van der Waals surface area contributed by atoms with Gasteiger partial charge in [0.15, 0.2) is 11.5 Å². The molecule has 0 aliphatic rings. The van der Waals surface area contributed by atoms with Crippen LogP contribution in [0.15, 0.2) is 24.3 Å². The van der Waals surface area contributed by atoms with Gasteiger partial charge in [0.05, 0.1) is 7.11 Å². The van der Waals surface area contributed by atoms with Crippen molar-refractivity contribution < 1.29 is 24.2 Å². The Morgan fingerprint density at radius 1 is 1.45 bits per heavy atom. The van der Waals surface area contributed by atoms with E-state index in [1.807, 2.05) is 0 Å². The summed E-state index contributed by atoms with van der Waals surface area (Å²) < 4.78 is 10.2. The molecule has 0 bridgehead atoms. The number of methoxy groups -OCH3 is 1. The molecule has 6 nitrogen and oxygen atoms in total. The van der Waals surface area contributed by atoms with Crippen LogP contribution in [0.25, 0.3) is 6.08 Å². The summed E-state index contributed by atoms with van der Waals surface area (Å²) in [4.78, 5) is 22.0. The Bertz CT molecular complexity index is 529. The van der Waals surface area contributed by atoms with E-state index in [0.717, 1.165) is 6.08 Å². The lowest BCUT2D eigenvalue weighted by Crippen LogP contribution is -2.35. The van der Waals surface area contributed by atoms with Gasteiger partial charge in [-0.1, -0.05) is 6.07 Å². The molecule has 1 atom stereocenters. The Morgan fingerprint density at radius 2 is 2.15 bits per heavy atom. The number of rotatable bonds is 6. The SMILES string of the molecule is COc1cc(C=CC(=O)O)ccc1OC(=O)[C@@H](N)CS. The predicted molar refractivity (Wildman–Crippen MR) is 77.1 cm³/mol. The number of ether oxygens (including phenoxy) is 2. The third-order valence-electron chi connectivity index (χ3n) is 2.32. The monoisotopic (exact) mass is 297 g/mol. The lowest BCUT2D eigenvalue weighted by Gasteiger charge is -2.12. The Hall–Kier alpha value is -1.99. The number of nitrogens with two attached hydrogens (primary N) is 1. The standard InChI is InChI=1S/C13H15NO5S/c1-18-11-6-8(3-5-12(15)16)2-4-10(11)19-13(17)9(14)7-20/h2-6,9,20H,7,14H2,1H3,(H,15,16)/t9-/m0/s1. The fourth-order valence-corrected chi connectivity index (χ4v) is 1.45. The number of benzene rings is 1. The molecule has 0 unspecified atom stereocenters. The normalized spacial score (nSPS) is 12.2. The average molecular weight is 297 g/mol. The second-order valence-corrected chi connectivity index (χ2v) is 4.16. The van der Waals surface area contributed by atoms with E-state index in [2.05, 4.69) is 12.6 Å². The first kappa shape index (κ1) is 16.1. The van der Waals surface area contributed by atoms with Crippen LogP contribution in [0.4, 0.5) is 0 Å². The first-order chi connectivity index (χ1) is 9.47. The third-order valence-corrected chi connectivity index (χ3v) is 2.71. The molecule has 0 aromatic heterocycles. The first-order valence-corrected chi connectivity index (χ1v) is 6.28. The summed E-state index contributed by atoms with van der Waals surface area (Å²) in [5.41, 5.74) is 6.10. The number of aliphatic carboxylic acids is 1. The van der Waals surface area contributed by atoms with E-state index in [1.165, 1.54) is 19.3 Å². The van der Waals surface area contributed by atoms with Crippen LogP contribution in [-0.4, -0.2) is 35.9 Å². The van der Waals surface area contributed by atoms with E-state index in [-0.39, 0.29) is 11.5 Å². The van der Waals surface area contributed by atoms with E-state index >= 15 is 0 Å². The summed E-state index contributed by atoms with van der Waals surface area (Å²) in [7, 11) is 1.41.